The second kappa shape index (κ2) is 1.88. The third-order valence-corrected chi connectivity index (χ3v) is 1.48. The van der Waals surface area contributed by atoms with Crippen molar-refractivity contribution in [1.29, 1.82) is 0 Å². The van der Waals surface area contributed by atoms with Crippen LogP contribution >= 0.6 is 0 Å². The summed E-state index contributed by atoms with van der Waals surface area (Å²) in [6.45, 7) is 0. The molecule has 0 saturated carbocycles. The van der Waals surface area contributed by atoms with E-state index in [9.17, 15) is 0 Å². The van der Waals surface area contributed by atoms with Crippen molar-refractivity contribution in [1.82, 2.24) is 4.98 Å². The molecular formula is C7H7N3. The van der Waals surface area contributed by atoms with Gasteiger partial charge in [0.05, 0.1) is 0 Å². The van der Waals surface area contributed by atoms with E-state index in [2.05, 4.69) is 17.0 Å². The molecule has 0 spiro atoms. The molecule has 0 fully saturated rings. The molecule has 0 radical (unpaired) electrons. The largest absolute Gasteiger partial charge is 0.389 e. The summed E-state index contributed by atoms with van der Waals surface area (Å²) in [7, 11) is 3.81. The molecule has 3 nitrogen and oxygen atoms in total. The molecule has 0 amide bonds. The van der Waals surface area contributed by atoms with Crippen molar-refractivity contribution in [2.45, 2.75) is 0 Å². The maximum Gasteiger partial charge on any atom is 0.217 e. The number of hydrogen-bond acceptors (Lipinski definition) is 2. The predicted molar refractivity (Wildman–Crippen MR) is 38.4 cm³/mol. The summed E-state index contributed by atoms with van der Waals surface area (Å²) >= 11 is 0. The minimum atomic E-state index is 0.785. The molecule has 10 heavy (non-hydrogen) atoms. The molecule has 50 valence electrons. The average Bonchev–Trinajstić information content (AvgIpc) is 2.34. The summed E-state index contributed by atoms with van der Waals surface area (Å²) in [5, 5.41) is 0. The van der Waals surface area contributed by atoms with Crippen molar-refractivity contribution < 1.29 is 4.90 Å². The molecule has 3 heteroatoms. The standard InChI is InChI=1S/C7H7N3/c1-10-5-9-7-6(10)3-2-4-8-7/h2-5,10H,1H2. The summed E-state index contributed by atoms with van der Waals surface area (Å²) in [5.41, 5.74) is 1.04. The van der Waals surface area contributed by atoms with Gasteiger partial charge in [-0.25, -0.2) is 4.98 Å². The second-order valence-corrected chi connectivity index (χ2v) is 2.16. The zero-order chi connectivity index (χ0) is 6.97. The lowest BCUT2D eigenvalue weighted by Gasteiger charge is -2.06. The lowest BCUT2D eigenvalue weighted by Crippen LogP contribution is -2.99. The van der Waals surface area contributed by atoms with Gasteiger partial charge in [0, 0.05) is 12.3 Å². The summed E-state index contributed by atoms with van der Waals surface area (Å²) in [6, 6.07) is 3.86. The number of fused-ring (bicyclic) bond motifs is 1. The smallest absolute Gasteiger partial charge is 0.217 e. The molecule has 2 rings (SSSR count). The number of aromatic nitrogens is 1. The lowest BCUT2D eigenvalue weighted by molar-refractivity contribution is -0.662. The Bertz CT molecular complexity index is 280. The first-order valence-corrected chi connectivity index (χ1v) is 3.06. The van der Waals surface area contributed by atoms with Crippen molar-refractivity contribution in [3.05, 3.63) is 25.4 Å². The quantitative estimate of drug-likeness (QED) is 0.498. The summed E-state index contributed by atoms with van der Waals surface area (Å²) in [5.74, 6) is 0.785. The molecule has 0 aliphatic carbocycles. The van der Waals surface area contributed by atoms with Gasteiger partial charge in [0.2, 0.25) is 5.82 Å². The normalized spacial score (nSPS) is 21.1. The van der Waals surface area contributed by atoms with E-state index in [4.69, 9.17) is 0 Å². The van der Waals surface area contributed by atoms with Gasteiger partial charge < -0.3 is 4.90 Å². The Morgan fingerprint density at radius 2 is 2.40 bits per heavy atom. The second-order valence-electron chi connectivity index (χ2n) is 2.16. The Balaban J connectivity index is 2.59. The highest BCUT2D eigenvalue weighted by molar-refractivity contribution is 5.68. The number of nitrogens with one attached hydrogen (secondary N) is 1. The lowest BCUT2D eigenvalue weighted by atomic mass is 10.4. The molecule has 1 aliphatic rings. The fourth-order valence-corrected chi connectivity index (χ4v) is 0.959. The van der Waals surface area contributed by atoms with Crippen LogP contribution in [0.2, 0.25) is 0 Å². The highest BCUT2D eigenvalue weighted by Crippen LogP contribution is 2.18. The summed E-state index contributed by atoms with van der Waals surface area (Å²) < 4.78 is 0. The first-order chi connectivity index (χ1) is 4.88. The van der Waals surface area contributed by atoms with Crippen molar-refractivity contribution >= 4 is 17.8 Å². The Morgan fingerprint density at radius 3 is 3.20 bits per heavy atom. The van der Waals surface area contributed by atoms with Crippen LogP contribution in [0.15, 0.2) is 23.3 Å². The molecule has 0 aromatic carbocycles. The highest BCUT2D eigenvalue weighted by Gasteiger charge is 2.12. The molecule has 1 unspecified atom stereocenters. The van der Waals surface area contributed by atoms with E-state index in [1.165, 1.54) is 0 Å². The molecule has 2 heterocycles. The van der Waals surface area contributed by atoms with Crippen molar-refractivity contribution in [2.24, 2.45) is 4.99 Å². The maximum absolute atomic E-state index is 4.05. The van der Waals surface area contributed by atoms with Crippen molar-refractivity contribution in [3.8, 4) is 0 Å². The number of hydrogen-bond donors (Lipinski definition) is 1. The van der Waals surface area contributed by atoms with Crippen LogP contribution in [0.4, 0.5) is 11.5 Å². The Kier molecular flexibility index (Phi) is 1.05. The number of quaternary nitrogens is 1. The van der Waals surface area contributed by atoms with Crippen LogP contribution in [-0.4, -0.2) is 11.3 Å². The monoisotopic (exact) mass is 133 g/mol. The first kappa shape index (κ1) is 5.56. The van der Waals surface area contributed by atoms with E-state index in [1.54, 1.807) is 12.5 Å². The molecule has 1 aliphatic heterocycles. The van der Waals surface area contributed by atoms with Crippen LogP contribution in [0.25, 0.3) is 0 Å². The third-order valence-electron chi connectivity index (χ3n) is 1.48. The van der Waals surface area contributed by atoms with Crippen molar-refractivity contribution in [3.63, 3.8) is 0 Å². The van der Waals surface area contributed by atoms with Gasteiger partial charge in [-0.3, -0.25) is 0 Å². The van der Waals surface area contributed by atoms with E-state index >= 15 is 0 Å². The zero-order valence-corrected chi connectivity index (χ0v) is 5.41. The minimum Gasteiger partial charge on any atom is -0.389 e. The van der Waals surface area contributed by atoms with E-state index in [1.807, 2.05) is 12.1 Å². The van der Waals surface area contributed by atoms with Gasteiger partial charge in [-0.1, -0.05) is 0 Å². The van der Waals surface area contributed by atoms with E-state index < -0.39 is 0 Å². The van der Waals surface area contributed by atoms with Gasteiger partial charge in [-0.2, -0.15) is 4.99 Å². The molecular weight excluding hydrogens is 126 g/mol. The third kappa shape index (κ3) is 0.642. The summed E-state index contributed by atoms with van der Waals surface area (Å²) in [4.78, 5) is 9.04. The van der Waals surface area contributed by atoms with Gasteiger partial charge in [-0.15, -0.1) is 7.05 Å². The molecule has 1 aromatic rings. The number of nitrogens with zero attached hydrogens (tertiary/aromatic N) is 2. The molecule has 0 bridgehead atoms. The molecule has 1 N–H and O–H groups in total. The summed E-state index contributed by atoms with van der Waals surface area (Å²) in [6.07, 6.45) is 3.46. The number of aliphatic imine (C=N–C) groups is 1. The molecule has 1 atom stereocenters. The topological polar surface area (TPSA) is 29.7 Å². The van der Waals surface area contributed by atoms with Crippen LogP contribution in [-0.2, 0) is 0 Å². The van der Waals surface area contributed by atoms with Gasteiger partial charge in [0.25, 0.3) is 0 Å². The zero-order valence-electron chi connectivity index (χ0n) is 5.41. The van der Waals surface area contributed by atoms with Crippen molar-refractivity contribution in [2.75, 3.05) is 0 Å². The molecule has 0 saturated heterocycles. The fraction of sp³-hybridized carbons (Fsp3) is 0. The van der Waals surface area contributed by atoms with Gasteiger partial charge >= 0.3 is 0 Å². The van der Waals surface area contributed by atoms with Crippen LogP contribution < -0.4 is 4.90 Å². The highest BCUT2D eigenvalue weighted by atomic mass is 15.2. The van der Waals surface area contributed by atoms with E-state index in [0.29, 0.717) is 0 Å². The number of pyridine rings is 1. The van der Waals surface area contributed by atoms with Crippen LogP contribution in [0.5, 0.6) is 0 Å². The minimum absolute atomic E-state index is 0.785. The molecule has 1 aromatic heterocycles. The SMILES string of the molecule is [CH2-][NH+]1C=Nc2ncccc21. The average molecular weight is 133 g/mol. The van der Waals surface area contributed by atoms with Gasteiger partial charge in [0.15, 0.2) is 12.0 Å². The van der Waals surface area contributed by atoms with Crippen LogP contribution in [0.1, 0.15) is 0 Å². The Morgan fingerprint density at radius 1 is 1.50 bits per heavy atom. The fourth-order valence-electron chi connectivity index (χ4n) is 0.959. The first-order valence-electron chi connectivity index (χ1n) is 3.06. The Hall–Kier alpha value is -1.22. The van der Waals surface area contributed by atoms with E-state index in [0.717, 1.165) is 16.4 Å². The van der Waals surface area contributed by atoms with Crippen LogP contribution in [0, 0.1) is 7.05 Å². The van der Waals surface area contributed by atoms with Crippen LogP contribution in [0.3, 0.4) is 0 Å². The van der Waals surface area contributed by atoms with E-state index in [-0.39, 0.29) is 0 Å². The Labute approximate surface area is 59.0 Å². The van der Waals surface area contributed by atoms with Gasteiger partial charge in [-0.05, 0) is 6.07 Å². The predicted octanol–water partition coefficient (Wildman–Crippen LogP) is 0.0630. The number of rotatable bonds is 0. The maximum atomic E-state index is 4.05. The van der Waals surface area contributed by atoms with Gasteiger partial charge in [0.1, 0.15) is 0 Å².